The molecule has 1 N–H and O–H groups in total. The second kappa shape index (κ2) is 7.67. The van der Waals surface area contributed by atoms with Gasteiger partial charge >= 0.3 is 0 Å². The summed E-state index contributed by atoms with van der Waals surface area (Å²) in [5, 5.41) is 11.2. The smallest absolute Gasteiger partial charge is 0.259 e. The normalized spacial score (nSPS) is 10.9. The topological polar surface area (TPSA) is 77.6 Å². The average molecular weight is 390 g/mol. The zero-order valence-electron chi connectivity index (χ0n) is 16.0. The van der Waals surface area contributed by atoms with E-state index >= 15 is 0 Å². The van der Waals surface area contributed by atoms with Crippen molar-refractivity contribution in [3.8, 4) is 5.69 Å². The van der Waals surface area contributed by atoms with Crippen LogP contribution in [-0.2, 0) is 6.54 Å². The maximum Gasteiger partial charge on any atom is 0.259 e. The number of benzene rings is 2. The van der Waals surface area contributed by atoms with E-state index in [9.17, 15) is 9.18 Å². The standard InChI is InChI=1S/C21H19FN6O/c1-14-20(15(2)27(26-14)11-16-6-4-3-5-7-16)21(29)25-17-8-9-19(18(22)10-17)28-13-23-12-24-28/h3-10,12-13H,11H2,1-2H3,(H,25,29). The van der Waals surface area contributed by atoms with Crippen molar-refractivity contribution in [2.45, 2.75) is 20.4 Å². The van der Waals surface area contributed by atoms with Crippen molar-refractivity contribution >= 4 is 11.6 Å². The molecule has 0 aliphatic rings. The Balaban J connectivity index is 1.55. The maximum absolute atomic E-state index is 14.4. The van der Waals surface area contributed by atoms with E-state index < -0.39 is 5.82 Å². The highest BCUT2D eigenvalue weighted by Crippen LogP contribution is 2.20. The molecule has 0 saturated carbocycles. The van der Waals surface area contributed by atoms with E-state index in [0.717, 1.165) is 11.3 Å². The molecule has 0 radical (unpaired) electrons. The molecule has 4 aromatic rings. The fourth-order valence-corrected chi connectivity index (χ4v) is 3.23. The second-order valence-corrected chi connectivity index (χ2v) is 6.65. The summed E-state index contributed by atoms with van der Waals surface area (Å²) >= 11 is 0. The van der Waals surface area contributed by atoms with Crippen LogP contribution in [0.5, 0.6) is 0 Å². The number of hydrogen-bond acceptors (Lipinski definition) is 4. The quantitative estimate of drug-likeness (QED) is 0.566. The first-order valence-electron chi connectivity index (χ1n) is 9.07. The van der Waals surface area contributed by atoms with Crippen molar-refractivity contribution in [1.82, 2.24) is 24.5 Å². The molecule has 0 spiro atoms. The maximum atomic E-state index is 14.4. The Kier molecular flexibility index (Phi) is 4.90. The van der Waals surface area contributed by atoms with Crippen LogP contribution in [0.3, 0.4) is 0 Å². The molecule has 7 nitrogen and oxygen atoms in total. The van der Waals surface area contributed by atoms with E-state index in [4.69, 9.17) is 0 Å². The van der Waals surface area contributed by atoms with Gasteiger partial charge in [0.25, 0.3) is 5.91 Å². The zero-order chi connectivity index (χ0) is 20.4. The fourth-order valence-electron chi connectivity index (χ4n) is 3.23. The molecule has 0 fully saturated rings. The number of aromatic nitrogens is 5. The van der Waals surface area contributed by atoms with Crippen molar-refractivity contribution in [2.75, 3.05) is 5.32 Å². The molecule has 0 unspecified atom stereocenters. The summed E-state index contributed by atoms with van der Waals surface area (Å²) in [5.41, 5.74) is 3.56. The third-order valence-electron chi connectivity index (χ3n) is 4.65. The second-order valence-electron chi connectivity index (χ2n) is 6.65. The Morgan fingerprint density at radius 3 is 2.62 bits per heavy atom. The summed E-state index contributed by atoms with van der Waals surface area (Å²) in [6.45, 7) is 4.21. The van der Waals surface area contributed by atoms with Crippen molar-refractivity contribution < 1.29 is 9.18 Å². The van der Waals surface area contributed by atoms with Crippen LogP contribution in [0.1, 0.15) is 27.3 Å². The number of nitrogens with zero attached hydrogens (tertiary/aromatic N) is 5. The van der Waals surface area contributed by atoms with Crippen LogP contribution in [-0.4, -0.2) is 30.5 Å². The van der Waals surface area contributed by atoms with Gasteiger partial charge in [0.2, 0.25) is 0 Å². The van der Waals surface area contributed by atoms with E-state index in [-0.39, 0.29) is 11.6 Å². The third kappa shape index (κ3) is 3.77. The van der Waals surface area contributed by atoms with Crippen LogP contribution in [0.2, 0.25) is 0 Å². The zero-order valence-corrected chi connectivity index (χ0v) is 16.0. The minimum Gasteiger partial charge on any atom is -0.322 e. The molecular weight excluding hydrogens is 371 g/mol. The lowest BCUT2D eigenvalue weighted by Crippen LogP contribution is -2.15. The van der Waals surface area contributed by atoms with Gasteiger partial charge in [0, 0.05) is 11.4 Å². The van der Waals surface area contributed by atoms with Gasteiger partial charge < -0.3 is 5.32 Å². The van der Waals surface area contributed by atoms with Crippen LogP contribution in [0.4, 0.5) is 10.1 Å². The molecule has 2 aromatic carbocycles. The summed E-state index contributed by atoms with van der Waals surface area (Å²) in [4.78, 5) is 16.6. The number of rotatable bonds is 5. The minimum atomic E-state index is -0.512. The molecule has 1 amide bonds. The summed E-state index contributed by atoms with van der Waals surface area (Å²) in [6.07, 6.45) is 2.73. The van der Waals surface area contributed by atoms with Gasteiger partial charge in [-0.2, -0.15) is 10.2 Å². The highest BCUT2D eigenvalue weighted by Gasteiger charge is 2.19. The first-order valence-corrected chi connectivity index (χ1v) is 9.07. The summed E-state index contributed by atoms with van der Waals surface area (Å²) < 4.78 is 17.5. The predicted molar refractivity (Wildman–Crippen MR) is 107 cm³/mol. The molecule has 0 aliphatic carbocycles. The van der Waals surface area contributed by atoms with Gasteiger partial charge in [0.1, 0.15) is 18.3 Å². The number of carbonyl (C=O) groups excluding carboxylic acids is 1. The first kappa shape index (κ1) is 18.5. The lowest BCUT2D eigenvalue weighted by atomic mass is 10.1. The number of halogens is 1. The summed E-state index contributed by atoms with van der Waals surface area (Å²) in [7, 11) is 0. The molecular formula is C21H19FN6O. The van der Waals surface area contributed by atoms with E-state index in [2.05, 4.69) is 20.5 Å². The van der Waals surface area contributed by atoms with Crippen LogP contribution in [0.25, 0.3) is 5.69 Å². The van der Waals surface area contributed by atoms with Crippen LogP contribution in [0.15, 0.2) is 61.2 Å². The highest BCUT2D eigenvalue weighted by molar-refractivity contribution is 6.05. The average Bonchev–Trinajstić information content (AvgIpc) is 3.31. The number of anilines is 1. The van der Waals surface area contributed by atoms with Gasteiger partial charge in [-0.3, -0.25) is 9.48 Å². The van der Waals surface area contributed by atoms with Crippen molar-refractivity contribution in [2.24, 2.45) is 0 Å². The van der Waals surface area contributed by atoms with Gasteiger partial charge in [0.15, 0.2) is 5.82 Å². The fraction of sp³-hybridized carbons (Fsp3) is 0.143. The highest BCUT2D eigenvalue weighted by atomic mass is 19.1. The van der Waals surface area contributed by atoms with Crippen molar-refractivity contribution in [3.05, 3.63) is 89.5 Å². The summed E-state index contributed by atoms with van der Waals surface area (Å²) in [6, 6.07) is 14.3. The molecule has 0 atom stereocenters. The Morgan fingerprint density at radius 2 is 1.93 bits per heavy atom. The van der Waals surface area contributed by atoms with E-state index in [0.29, 0.717) is 23.5 Å². The van der Waals surface area contributed by atoms with Crippen LogP contribution < -0.4 is 5.32 Å². The number of hydrogen-bond donors (Lipinski definition) is 1. The number of carbonyl (C=O) groups is 1. The number of amides is 1. The summed E-state index contributed by atoms with van der Waals surface area (Å²) in [5.74, 6) is -0.839. The van der Waals surface area contributed by atoms with Gasteiger partial charge in [-0.15, -0.1) is 0 Å². The molecule has 8 heteroatoms. The monoisotopic (exact) mass is 390 g/mol. The lowest BCUT2D eigenvalue weighted by molar-refractivity contribution is 0.102. The lowest BCUT2D eigenvalue weighted by Gasteiger charge is -2.09. The molecule has 2 heterocycles. The van der Waals surface area contributed by atoms with E-state index in [1.807, 2.05) is 37.3 Å². The Labute approximate surface area is 166 Å². The molecule has 29 heavy (non-hydrogen) atoms. The van der Waals surface area contributed by atoms with E-state index in [1.165, 1.54) is 29.5 Å². The Hall–Kier alpha value is -3.81. The minimum absolute atomic E-state index is 0.253. The SMILES string of the molecule is Cc1nn(Cc2ccccc2)c(C)c1C(=O)Nc1ccc(-n2cncn2)c(F)c1. The number of nitrogens with one attached hydrogen (secondary N) is 1. The van der Waals surface area contributed by atoms with E-state index in [1.54, 1.807) is 17.7 Å². The number of aryl methyl sites for hydroxylation is 1. The predicted octanol–water partition coefficient (Wildman–Crippen LogP) is 3.52. The van der Waals surface area contributed by atoms with Crippen molar-refractivity contribution in [3.63, 3.8) is 0 Å². The molecule has 0 saturated heterocycles. The Bertz CT molecular complexity index is 1150. The molecule has 146 valence electrons. The largest absolute Gasteiger partial charge is 0.322 e. The first-order chi connectivity index (χ1) is 14.0. The van der Waals surface area contributed by atoms with Gasteiger partial charge in [-0.1, -0.05) is 30.3 Å². The molecule has 0 bridgehead atoms. The van der Waals surface area contributed by atoms with Gasteiger partial charge in [0.05, 0.1) is 17.8 Å². The Morgan fingerprint density at radius 1 is 1.14 bits per heavy atom. The van der Waals surface area contributed by atoms with Gasteiger partial charge in [-0.05, 0) is 37.6 Å². The van der Waals surface area contributed by atoms with Crippen LogP contribution >= 0.6 is 0 Å². The molecule has 4 rings (SSSR count). The van der Waals surface area contributed by atoms with Crippen LogP contribution in [0, 0.1) is 19.7 Å². The third-order valence-corrected chi connectivity index (χ3v) is 4.65. The molecule has 0 aliphatic heterocycles. The van der Waals surface area contributed by atoms with Gasteiger partial charge in [-0.25, -0.2) is 14.1 Å². The molecule has 2 aromatic heterocycles. The van der Waals surface area contributed by atoms with Crippen molar-refractivity contribution in [1.29, 1.82) is 0 Å².